The number of ether oxygens (including phenoxy) is 1. The van der Waals surface area contributed by atoms with Crippen molar-refractivity contribution < 1.29 is 14.6 Å². The van der Waals surface area contributed by atoms with Gasteiger partial charge in [-0.05, 0) is 31.1 Å². The third-order valence-corrected chi connectivity index (χ3v) is 5.38. The Kier molecular flexibility index (Phi) is 15.9. The van der Waals surface area contributed by atoms with E-state index in [1.807, 2.05) is 6.08 Å². The summed E-state index contributed by atoms with van der Waals surface area (Å²) in [6.45, 7) is 2.28. The lowest BCUT2D eigenvalue weighted by atomic mass is 10.0. The normalized spacial score (nSPS) is 11.2. The lowest BCUT2D eigenvalue weighted by Crippen LogP contribution is -1.99. The van der Waals surface area contributed by atoms with E-state index >= 15 is 0 Å². The quantitative estimate of drug-likeness (QED) is 0.186. The summed E-state index contributed by atoms with van der Waals surface area (Å²) in [5, 5.41) is 9.11. The molecule has 0 atom stereocenters. The second kappa shape index (κ2) is 18.3. The first-order valence-electron chi connectivity index (χ1n) is 11.9. The Morgan fingerprint density at radius 3 is 1.79 bits per heavy atom. The van der Waals surface area contributed by atoms with Gasteiger partial charge in [0.2, 0.25) is 0 Å². The molecule has 0 amide bonds. The van der Waals surface area contributed by atoms with Gasteiger partial charge in [-0.1, -0.05) is 109 Å². The first-order chi connectivity index (χ1) is 14.3. The number of carbonyl (C=O) groups is 1. The van der Waals surface area contributed by atoms with Crippen LogP contribution < -0.4 is 4.74 Å². The van der Waals surface area contributed by atoms with Crippen molar-refractivity contribution in [3.8, 4) is 5.75 Å². The van der Waals surface area contributed by atoms with E-state index in [9.17, 15) is 4.79 Å². The van der Waals surface area contributed by atoms with E-state index in [2.05, 4.69) is 6.92 Å². The summed E-state index contributed by atoms with van der Waals surface area (Å²) in [4.78, 5) is 11.1. The van der Waals surface area contributed by atoms with E-state index in [4.69, 9.17) is 9.84 Å². The molecule has 29 heavy (non-hydrogen) atoms. The first kappa shape index (κ1) is 25.3. The van der Waals surface area contributed by atoms with E-state index in [1.165, 1.54) is 96.3 Å². The van der Waals surface area contributed by atoms with Crippen molar-refractivity contribution >= 4 is 5.97 Å². The molecule has 1 N–H and O–H groups in total. The summed E-state index contributed by atoms with van der Waals surface area (Å²) in [6.07, 6.45) is 25.2. The van der Waals surface area contributed by atoms with Crippen LogP contribution in [0.5, 0.6) is 5.75 Å². The molecule has 1 rings (SSSR count). The molecule has 0 aliphatic heterocycles. The highest BCUT2D eigenvalue weighted by atomic mass is 16.5. The maximum atomic E-state index is 11.1. The van der Waals surface area contributed by atoms with Crippen LogP contribution in [0.2, 0.25) is 0 Å². The van der Waals surface area contributed by atoms with Gasteiger partial charge in [-0.25, -0.2) is 4.79 Å². The summed E-state index contributed by atoms with van der Waals surface area (Å²) in [7, 11) is 0. The molecule has 0 aliphatic carbocycles. The third kappa shape index (κ3) is 13.9. The molecule has 0 unspecified atom stereocenters. The maximum Gasteiger partial charge on any atom is 0.339 e. The summed E-state index contributed by atoms with van der Waals surface area (Å²) in [5.74, 6) is -0.566. The van der Waals surface area contributed by atoms with Crippen LogP contribution in [0.1, 0.15) is 120 Å². The Balaban J connectivity index is 1.87. The number of carboxylic acids is 1. The van der Waals surface area contributed by atoms with Crippen molar-refractivity contribution in [1.29, 1.82) is 0 Å². The number of para-hydroxylation sites is 1. The minimum atomic E-state index is -0.962. The third-order valence-electron chi connectivity index (χ3n) is 5.38. The van der Waals surface area contributed by atoms with Gasteiger partial charge >= 0.3 is 5.97 Å². The van der Waals surface area contributed by atoms with Crippen LogP contribution in [0, 0.1) is 0 Å². The fourth-order valence-electron chi connectivity index (χ4n) is 3.57. The van der Waals surface area contributed by atoms with Gasteiger partial charge < -0.3 is 9.84 Å². The molecule has 3 nitrogen and oxygen atoms in total. The summed E-state index contributed by atoms with van der Waals surface area (Å²) in [5.41, 5.74) is 0.198. The molecule has 0 spiro atoms. The average molecular weight is 403 g/mol. The molecule has 3 heteroatoms. The zero-order chi connectivity index (χ0) is 21.0. The Morgan fingerprint density at radius 1 is 0.793 bits per heavy atom. The van der Waals surface area contributed by atoms with Crippen LogP contribution in [0.3, 0.4) is 0 Å². The van der Waals surface area contributed by atoms with Crippen LogP contribution in [0.25, 0.3) is 0 Å². The van der Waals surface area contributed by atoms with Crippen molar-refractivity contribution in [2.75, 3.05) is 0 Å². The van der Waals surface area contributed by atoms with E-state index in [0.717, 1.165) is 6.42 Å². The van der Waals surface area contributed by atoms with Crippen LogP contribution in [0.15, 0.2) is 36.6 Å². The second-order valence-corrected chi connectivity index (χ2v) is 8.03. The first-order valence-corrected chi connectivity index (χ1v) is 11.9. The Hall–Kier alpha value is -1.77. The van der Waals surface area contributed by atoms with E-state index in [1.54, 1.807) is 30.5 Å². The fourth-order valence-corrected chi connectivity index (χ4v) is 3.57. The van der Waals surface area contributed by atoms with Gasteiger partial charge in [-0.2, -0.15) is 0 Å². The van der Waals surface area contributed by atoms with Gasteiger partial charge in [0.15, 0.2) is 0 Å². The molecular formula is C26H42O3. The Morgan fingerprint density at radius 2 is 1.28 bits per heavy atom. The highest BCUT2D eigenvalue weighted by Crippen LogP contribution is 2.18. The summed E-state index contributed by atoms with van der Waals surface area (Å²) in [6, 6.07) is 6.72. The zero-order valence-corrected chi connectivity index (χ0v) is 18.5. The predicted octanol–water partition coefficient (Wildman–Crippen LogP) is 8.54. The van der Waals surface area contributed by atoms with Gasteiger partial charge in [0, 0.05) is 0 Å². The number of unbranched alkanes of at least 4 members (excludes halogenated alkanes) is 15. The zero-order valence-electron chi connectivity index (χ0n) is 18.5. The molecule has 0 radical (unpaired) electrons. The van der Waals surface area contributed by atoms with E-state index < -0.39 is 5.97 Å². The van der Waals surface area contributed by atoms with E-state index in [0.29, 0.717) is 5.75 Å². The standard InChI is InChI=1S/C26H42O3/c1-2-3-4-5-6-7-8-9-10-11-12-13-14-15-16-17-20-23-29-25-22-19-18-21-24(25)26(27)28/h18-23H,2-17H2,1H3,(H,27,28). The Labute approximate surface area is 178 Å². The molecular weight excluding hydrogens is 360 g/mol. The average Bonchev–Trinajstić information content (AvgIpc) is 2.73. The van der Waals surface area contributed by atoms with Gasteiger partial charge in [0.25, 0.3) is 0 Å². The van der Waals surface area contributed by atoms with Crippen molar-refractivity contribution in [3.63, 3.8) is 0 Å². The van der Waals surface area contributed by atoms with Gasteiger partial charge in [-0.15, -0.1) is 0 Å². The summed E-state index contributed by atoms with van der Waals surface area (Å²) < 4.78 is 5.46. The topological polar surface area (TPSA) is 46.5 Å². The lowest BCUT2D eigenvalue weighted by molar-refractivity contribution is 0.0694. The molecule has 164 valence electrons. The monoisotopic (exact) mass is 402 g/mol. The van der Waals surface area contributed by atoms with Gasteiger partial charge in [0.05, 0.1) is 6.26 Å². The molecule has 0 bridgehead atoms. The molecule has 0 saturated heterocycles. The van der Waals surface area contributed by atoms with Crippen LogP contribution >= 0.6 is 0 Å². The predicted molar refractivity (Wildman–Crippen MR) is 123 cm³/mol. The van der Waals surface area contributed by atoms with Gasteiger partial charge in [0.1, 0.15) is 11.3 Å². The van der Waals surface area contributed by atoms with E-state index in [-0.39, 0.29) is 5.56 Å². The number of benzene rings is 1. The second-order valence-electron chi connectivity index (χ2n) is 8.03. The van der Waals surface area contributed by atoms with Crippen LogP contribution in [-0.2, 0) is 0 Å². The van der Waals surface area contributed by atoms with Crippen LogP contribution in [-0.4, -0.2) is 11.1 Å². The smallest absolute Gasteiger partial charge is 0.339 e. The SMILES string of the molecule is CCCCCCCCCCCCCCCCCC=COc1ccccc1C(=O)O. The molecule has 0 saturated carbocycles. The largest absolute Gasteiger partial charge is 0.478 e. The minimum Gasteiger partial charge on any atom is -0.478 e. The highest BCUT2D eigenvalue weighted by Gasteiger charge is 2.08. The number of hydrogen-bond acceptors (Lipinski definition) is 2. The molecule has 1 aromatic rings. The number of carboxylic acid groups (broad SMARTS) is 1. The molecule has 1 aromatic carbocycles. The van der Waals surface area contributed by atoms with Crippen molar-refractivity contribution in [1.82, 2.24) is 0 Å². The maximum absolute atomic E-state index is 11.1. The minimum absolute atomic E-state index is 0.198. The number of rotatable bonds is 19. The van der Waals surface area contributed by atoms with Crippen molar-refractivity contribution in [3.05, 3.63) is 42.2 Å². The van der Waals surface area contributed by atoms with Crippen LogP contribution in [0.4, 0.5) is 0 Å². The lowest BCUT2D eigenvalue weighted by Gasteiger charge is -2.04. The summed E-state index contributed by atoms with van der Waals surface area (Å²) >= 11 is 0. The number of hydrogen-bond donors (Lipinski definition) is 1. The number of allylic oxidation sites excluding steroid dienone is 1. The Bertz CT molecular complexity index is 551. The van der Waals surface area contributed by atoms with Crippen molar-refractivity contribution in [2.45, 2.75) is 110 Å². The molecule has 0 heterocycles. The molecule has 0 aromatic heterocycles. The van der Waals surface area contributed by atoms with Gasteiger partial charge in [-0.3, -0.25) is 0 Å². The highest BCUT2D eigenvalue weighted by molar-refractivity contribution is 5.90. The molecule has 0 fully saturated rings. The number of aromatic carboxylic acids is 1. The van der Waals surface area contributed by atoms with Crippen molar-refractivity contribution in [2.24, 2.45) is 0 Å². The fraction of sp³-hybridized carbons (Fsp3) is 0.654. The molecule has 0 aliphatic rings.